The van der Waals surface area contributed by atoms with Crippen molar-refractivity contribution >= 4 is 28.6 Å². The molecule has 0 spiro atoms. The number of carbonyl (C=O) groups is 1. The lowest BCUT2D eigenvalue weighted by Crippen LogP contribution is -2.38. The van der Waals surface area contributed by atoms with Gasteiger partial charge in [0.05, 0.1) is 11.4 Å². The number of nitrogens with zero attached hydrogens (tertiary/aromatic N) is 5. The molecule has 0 bridgehead atoms. The highest BCUT2D eigenvalue weighted by atomic mass is 32.2. The van der Waals surface area contributed by atoms with Crippen LogP contribution in [0.1, 0.15) is 37.1 Å². The minimum absolute atomic E-state index is 0.0665. The van der Waals surface area contributed by atoms with Crippen molar-refractivity contribution in [2.24, 2.45) is 21.1 Å². The molecule has 0 fully saturated rings. The molecule has 0 radical (unpaired) electrons. The quantitative estimate of drug-likeness (QED) is 0.375. The summed E-state index contributed by atoms with van der Waals surface area (Å²) < 4.78 is 4.13. The Morgan fingerprint density at radius 1 is 1.11 bits per heavy atom. The third-order valence-corrected chi connectivity index (χ3v) is 5.48. The Morgan fingerprint density at radius 3 is 2.36 bits per heavy atom. The predicted octanol–water partition coefficient (Wildman–Crippen LogP) is 1.64. The van der Waals surface area contributed by atoms with Crippen molar-refractivity contribution in [2.75, 3.05) is 5.75 Å². The highest BCUT2D eigenvalue weighted by molar-refractivity contribution is 8.00. The highest BCUT2D eigenvalue weighted by Gasteiger charge is 2.24. The van der Waals surface area contributed by atoms with Gasteiger partial charge in [0, 0.05) is 32.8 Å². The molecule has 3 aromatic heterocycles. The molecule has 0 aliphatic heterocycles. The van der Waals surface area contributed by atoms with Gasteiger partial charge in [-0.15, -0.1) is 0 Å². The molecule has 0 unspecified atom stereocenters. The van der Waals surface area contributed by atoms with Gasteiger partial charge >= 0.3 is 5.69 Å². The fourth-order valence-corrected chi connectivity index (χ4v) is 3.72. The molecule has 3 rings (SSSR count). The average Bonchev–Trinajstić information content (AvgIpc) is 3.07. The molecule has 9 heteroatoms. The van der Waals surface area contributed by atoms with E-state index in [-0.39, 0.29) is 28.0 Å². The molecule has 0 aliphatic rings. The highest BCUT2D eigenvalue weighted by Crippen LogP contribution is 2.27. The van der Waals surface area contributed by atoms with Crippen LogP contribution in [0.3, 0.4) is 0 Å². The second-order valence-electron chi connectivity index (χ2n) is 7.72. The van der Waals surface area contributed by atoms with Crippen LogP contribution in [0.5, 0.6) is 0 Å². The summed E-state index contributed by atoms with van der Waals surface area (Å²) in [6.07, 6.45) is 1.81. The number of thioether (sulfide) groups is 1. The molecule has 28 heavy (non-hydrogen) atoms. The van der Waals surface area contributed by atoms with Crippen molar-refractivity contribution in [3.8, 4) is 0 Å². The normalized spacial score (nSPS) is 11.9. The van der Waals surface area contributed by atoms with Gasteiger partial charge in [0.1, 0.15) is 16.2 Å². The summed E-state index contributed by atoms with van der Waals surface area (Å²) in [6.45, 7) is 5.87. The van der Waals surface area contributed by atoms with Crippen LogP contribution >= 0.6 is 11.8 Å². The minimum Gasteiger partial charge on any atom is -0.348 e. The molecule has 0 N–H and O–H groups in total. The first-order chi connectivity index (χ1) is 13.0. The van der Waals surface area contributed by atoms with Gasteiger partial charge in [0.15, 0.2) is 11.4 Å². The maximum absolute atomic E-state index is 12.8. The minimum atomic E-state index is -0.465. The van der Waals surface area contributed by atoms with Gasteiger partial charge in [-0.2, -0.15) is 0 Å². The molecule has 148 valence electrons. The number of fused-ring (bicyclic) bond motifs is 1. The fourth-order valence-electron chi connectivity index (χ4n) is 2.83. The van der Waals surface area contributed by atoms with Crippen LogP contribution in [-0.2, 0) is 26.6 Å². The largest absolute Gasteiger partial charge is 0.348 e. The molecule has 0 aromatic carbocycles. The van der Waals surface area contributed by atoms with Gasteiger partial charge in [-0.1, -0.05) is 32.5 Å². The number of aryl methyl sites for hydroxylation is 2. The van der Waals surface area contributed by atoms with Gasteiger partial charge in [0.25, 0.3) is 5.56 Å². The SMILES string of the molecule is Cn1cccc1C(=O)CSc1nc(C(C)(C)C)nc2c1c(=O)n(C)c(=O)n2C. The lowest BCUT2D eigenvalue weighted by molar-refractivity contribution is 0.101. The van der Waals surface area contributed by atoms with Crippen molar-refractivity contribution in [1.29, 1.82) is 0 Å². The van der Waals surface area contributed by atoms with Crippen LogP contribution in [0.4, 0.5) is 0 Å². The monoisotopic (exact) mass is 401 g/mol. The second kappa shape index (κ2) is 7.05. The molecule has 0 saturated heterocycles. The fraction of sp³-hybridized carbons (Fsp3) is 0.421. The van der Waals surface area contributed by atoms with Gasteiger partial charge in [-0.25, -0.2) is 14.8 Å². The van der Waals surface area contributed by atoms with Crippen LogP contribution in [0.2, 0.25) is 0 Å². The third-order valence-electron chi connectivity index (χ3n) is 4.51. The number of aromatic nitrogens is 5. The van der Waals surface area contributed by atoms with E-state index in [0.717, 1.165) is 4.57 Å². The average molecular weight is 401 g/mol. The molecular formula is C19H23N5O3S. The van der Waals surface area contributed by atoms with E-state index in [2.05, 4.69) is 9.97 Å². The third kappa shape index (κ3) is 3.42. The zero-order chi connectivity index (χ0) is 20.8. The molecule has 3 aromatic rings. The van der Waals surface area contributed by atoms with E-state index in [4.69, 9.17) is 0 Å². The van der Waals surface area contributed by atoms with Crippen molar-refractivity contribution in [3.05, 3.63) is 50.7 Å². The van der Waals surface area contributed by atoms with Crippen molar-refractivity contribution in [2.45, 2.75) is 31.2 Å². The number of carbonyl (C=O) groups excluding carboxylic acids is 1. The second-order valence-corrected chi connectivity index (χ2v) is 8.69. The van der Waals surface area contributed by atoms with Crippen molar-refractivity contribution in [1.82, 2.24) is 23.7 Å². The van der Waals surface area contributed by atoms with Gasteiger partial charge in [0.2, 0.25) is 0 Å². The van der Waals surface area contributed by atoms with Gasteiger partial charge < -0.3 is 4.57 Å². The number of hydrogen-bond donors (Lipinski definition) is 0. The summed E-state index contributed by atoms with van der Waals surface area (Å²) >= 11 is 1.19. The zero-order valence-electron chi connectivity index (χ0n) is 16.8. The van der Waals surface area contributed by atoms with Crippen LogP contribution in [0, 0.1) is 0 Å². The van der Waals surface area contributed by atoms with E-state index >= 15 is 0 Å². The number of rotatable bonds is 4. The van der Waals surface area contributed by atoms with Gasteiger partial charge in [-0.3, -0.25) is 18.7 Å². The summed E-state index contributed by atoms with van der Waals surface area (Å²) in [5.74, 6) is 0.569. The molecule has 3 heterocycles. The lowest BCUT2D eigenvalue weighted by Gasteiger charge is -2.19. The summed E-state index contributed by atoms with van der Waals surface area (Å²) in [5.41, 5.74) is -0.439. The Hall–Kier alpha value is -2.68. The van der Waals surface area contributed by atoms with Crippen LogP contribution in [0.25, 0.3) is 11.0 Å². The first kappa shape index (κ1) is 20.1. The Labute approximate surface area is 166 Å². The van der Waals surface area contributed by atoms with Crippen LogP contribution < -0.4 is 11.2 Å². The van der Waals surface area contributed by atoms with E-state index in [1.54, 1.807) is 37.0 Å². The summed E-state index contributed by atoms with van der Waals surface area (Å²) in [7, 11) is 4.81. The number of Topliss-reactive ketones (excluding diaryl/α,β-unsaturated/α-hetero) is 1. The Morgan fingerprint density at radius 2 is 1.79 bits per heavy atom. The lowest BCUT2D eigenvalue weighted by atomic mass is 9.96. The molecule has 0 amide bonds. The molecule has 0 aliphatic carbocycles. The summed E-state index contributed by atoms with van der Waals surface area (Å²) in [5, 5.41) is 0.663. The standard InChI is InChI=1S/C19H23N5O3S/c1-19(2,3)17-20-14-13(16(26)24(6)18(27)23(14)5)15(21-17)28-10-12(25)11-8-7-9-22(11)4/h7-9H,10H2,1-6H3. The van der Waals surface area contributed by atoms with E-state index in [1.807, 2.05) is 20.8 Å². The van der Waals surface area contributed by atoms with Crippen molar-refractivity contribution < 1.29 is 4.79 Å². The summed E-state index contributed by atoms with van der Waals surface area (Å²) in [6, 6.07) is 3.56. The Bertz CT molecular complexity index is 1200. The molecule has 8 nitrogen and oxygen atoms in total. The van der Waals surface area contributed by atoms with E-state index in [0.29, 0.717) is 16.5 Å². The summed E-state index contributed by atoms with van der Waals surface area (Å²) in [4.78, 5) is 46.8. The first-order valence-corrected chi connectivity index (χ1v) is 9.76. The van der Waals surface area contributed by atoms with Crippen molar-refractivity contribution in [3.63, 3.8) is 0 Å². The maximum Gasteiger partial charge on any atom is 0.332 e. The maximum atomic E-state index is 12.8. The van der Waals surface area contributed by atoms with E-state index < -0.39 is 11.2 Å². The smallest absolute Gasteiger partial charge is 0.332 e. The number of ketones is 1. The van der Waals surface area contributed by atoms with Crippen LogP contribution in [0.15, 0.2) is 32.9 Å². The molecule has 0 atom stereocenters. The zero-order valence-corrected chi connectivity index (χ0v) is 17.6. The Kier molecular flexibility index (Phi) is 5.05. The van der Waals surface area contributed by atoms with Gasteiger partial charge in [-0.05, 0) is 12.1 Å². The Balaban J connectivity index is 2.17. The number of hydrogen-bond acceptors (Lipinski definition) is 6. The first-order valence-electron chi connectivity index (χ1n) is 8.78. The van der Waals surface area contributed by atoms with E-state index in [9.17, 15) is 14.4 Å². The van der Waals surface area contributed by atoms with Crippen LogP contribution in [-0.4, -0.2) is 35.2 Å². The van der Waals surface area contributed by atoms with E-state index in [1.165, 1.54) is 23.4 Å². The topological polar surface area (TPSA) is 91.8 Å². The molecular weight excluding hydrogens is 378 g/mol. The molecule has 0 saturated carbocycles. The predicted molar refractivity (Wildman–Crippen MR) is 109 cm³/mol.